The molecule has 0 spiro atoms. The number of hydrogen-bond acceptors (Lipinski definition) is 7. The topological polar surface area (TPSA) is 103 Å². The molecule has 9 nitrogen and oxygen atoms in total. The van der Waals surface area contributed by atoms with Crippen LogP contribution in [0.1, 0.15) is 29.7 Å². The average Bonchev–Trinajstić information content (AvgIpc) is 3.36. The van der Waals surface area contributed by atoms with Crippen LogP contribution in [-0.4, -0.2) is 33.2 Å². The summed E-state index contributed by atoms with van der Waals surface area (Å²) in [6.45, 7) is 4.24. The smallest absolute Gasteiger partial charge is 0.255 e. The lowest BCUT2D eigenvalue weighted by atomic mass is 9.94. The molecule has 4 aromatic rings. The number of anilines is 2. The molecule has 36 heavy (non-hydrogen) atoms. The number of carbonyl (C=O) groups is 1. The number of carbonyl (C=O) groups excluding carboxylic acids is 1. The zero-order chi connectivity index (χ0) is 25.1. The van der Waals surface area contributed by atoms with Gasteiger partial charge in [0.2, 0.25) is 5.95 Å². The molecule has 1 aliphatic heterocycles. The van der Waals surface area contributed by atoms with Crippen LogP contribution in [0.3, 0.4) is 0 Å². The van der Waals surface area contributed by atoms with E-state index in [-0.39, 0.29) is 5.91 Å². The third kappa shape index (κ3) is 4.63. The summed E-state index contributed by atoms with van der Waals surface area (Å²) in [6, 6.07) is 22.6. The number of aromatic nitrogens is 4. The van der Waals surface area contributed by atoms with Crippen molar-refractivity contribution in [2.45, 2.75) is 26.5 Å². The van der Waals surface area contributed by atoms with Crippen LogP contribution in [0, 0.1) is 6.92 Å². The first kappa shape index (κ1) is 23.1. The number of nitrogens with one attached hydrogen (secondary N) is 2. The van der Waals surface area contributed by atoms with Crippen LogP contribution in [0.5, 0.6) is 11.5 Å². The lowest BCUT2D eigenvalue weighted by molar-refractivity contribution is -0.113. The standard InChI is InChI=1S/C27H26N6O3/c1-17-9-12-21(13-10-17)29-26(34)24-18(2)28-27-30-31-32-33(27)25(24)20-11-14-22(23(15-20)35-3)36-16-19-7-5-4-6-8-19/h4-15,25H,16H2,1-3H3,(H,29,34)(H,28,30,32)/t25-/m0/s1. The Morgan fingerprint density at radius 2 is 1.81 bits per heavy atom. The minimum atomic E-state index is -0.571. The molecule has 1 atom stereocenters. The van der Waals surface area contributed by atoms with E-state index in [9.17, 15) is 4.79 Å². The van der Waals surface area contributed by atoms with Gasteiger partial charge in [-0.3, -0.25) is 4.79 Å². The predicted octanol–water partition coefficient (Wildman–Crippen LogP) is 4.50. The van der Waals surface area contributed by atoms with Crippen molar-refractivity contribution in [3.63, 3.8) is 0 Å². The van der Waals surface area contributed by atoms with Crippen LogP contribution in [-0.2, 0) is 11.4 Å². The van der Waals surface area contributed by atoms with Gasteiger partial charge in [-0.1, -0.05) is 59.2 Å². The summed E-state index contributed by atoms with van der Waals surface area (Å²) in [5.74, 6) is 1.35. The minimum absolute atomic E-state index is 0.252. The van der Waals surface area contributed by atoms with E-state index in [2.05, 4.69) is 26.2 Å². The average molecular weight is 483 g/mol. The Bertz CT molecular complexity index is 1410. The summed E-state index contributed by atoms with van der Waals surface area (Å²) in [5.41, 5.74) is 4.80. The van der Waals surface area contributed by atoms with Gasteiger partial charge in [-0.25, -0.2) is 0 Å². The van der Waals surface area contributed by atoms with E-state index >= 15 is 0 Å². The molecule has 0 unspecified atom stereocenters. The highest BCUT2D eigenvalue weighted by atomic mass is 16.5. The van der Waals surface area contributed by atoms with Crippen molar-refractivity contribution in [3.05, 3.63) is 101 Å². The summed E-state index contributed by atoms with van der Waals surface area (Å²) in [4.78, 5) is 13.5. The van der Waals surface area contributed by atoms with Gasteiger partial charge in [0.05, 0.1) is 12.7 Å². The quantitative estimate of drug-likeness (QED) is 0.400. The van der Waals surface area contributed by atoms with E-state index in [0.717, 1.165) is 16.7 Å². The Balaban J connectivity index is 1.48. The first-order valence-electron chi connectivity index (χ1n) is 11.5. The number of allylic oxidation sites excluding steroid dienone is 1. The van der Waals surface area contributed by atoms with Crippen LogP contribution >= 0.6 is 0 Å². The molecule has 0 saturated heterocycles. The largest absolute Gasteiger partial charge is 0.493 e. The van der Waals surface area contributed by atoms with Crippen molar-refractivity contribution in [1.29, 1.82) is 0 Å². The number of rotatable bonds is 7. The number of methoxy groups -OCH3 is 1. The second-order valence-corrected chi connectivity index (χ2v) is 8.52. The number of aryl methyl sites for hydroxylation is 1. The maximum atomic E-state index is 13.5. The van der Waals surface area contributed by atoms with Crippen LogP contribution in [0.4, 0.5) is 11.6 Å². The van der Waals surface area contributed by atoms with Crippen LogP contribution in [0.15, 0.2) is 84.1 Å². The zero-order valence-electron chi connectivity index (χ0n) is 20.2. The Kier molecular flexibility index (Phi) is 6.36. The molecule has 1 aromatic heterocycles. The molecular weight excluding hydrogens is 456 g/mol. The third-order valence-electron chi connectivity index (χ3n) is 6.01. The SMILES string of the molecule is COc1cc([C@H]2C(C(=O)Nc3ccc(C)cc3)=C(C)Nc3nnnn32)ccc1OCc1ccccc1. The van der Waals surface area contributed by atoms with Crippen LogP contribution in [0.2, 0.25) is 0 Å². The molecule has 0 saturated carbocycles. The minimum Gasteiger partial charge on any atom is -0.493 e. The normalized spacial score (nSPS) is 14.6. The molecule has 1 aliphatic rings. The molecule has 3 aromatic carbocycles. The van der Waals surface area contributed by atoms with E-state index in [1.165, 1.54) is 0 Å². The van der Waals surface area contributed by atoms with E-state index in [4.69, 9.17) is 9.47 Å². The first-order valence-corrected chi connectivity index (χ1v) is 11.5. The van der Waals surface area contributed by atoms with Gasteiger partial charge in [-0.15, -0.1) is 0 Å². The van der Waals surface area contributed by atoms with Gasteiger partial charge < -0.3 is 20.1 Å². The van der Waals surface area contributed by atoms with Gasteiger partial charge >= 0.3 is 0 Å². The predicted molar refractivity (Wildman–Crippen MR) is 136 cm³/mol. The zero-order valence-corrected chi connectivity index (χ0v) is 20.2. The summed E-state index contributed by atoms with van der Waals surface area (Å²) in [7, 11) is 1.59. The molecular formula is C27H26N6O3. The van der Waals surface area contributed by atoms with Gasteiger partial charge in [-0.2, -0.15) is 4.68 Å². The van der Waals surface area contributed by atoms with Gasteiger partial charge in [0, 0.05) is 11.4 Å². The molecule has 0 bridgehead atoms. The Morgan fingerprint density at radius 3 is 2.56 bits per heavy atom. The molecule has 9 heteroatoms. The highest BCUT2D eigenvalue weighted by Gasteiger charge is 2.34. The molecule has 5 rings (SSSR count). The van der Waals surface area contributed by atoms with Gasteiger partial charge in [0.15, 0.2) is 11.5 Å². The second kappa shape index (κ2) is 9.91. The van der Waals surface area contributed by atoms with Crippen LogP contribution in [0.25, 0.3) is 0 Å². The number of amides is 1. The fraction of sp³-hybridized carbons (Fsp3) is 0.185. The summed E-state index contributed by atoms with van der Waals surface area (Å²) in [5, 5.41) is 18.2. The summed E-state index contributed by atoms with van der Waals surface area (Å²) < 4.78 is 13.3. The van der Waals surface area contributed by atoms with E-state index in [0.29, 0.717) is 41.0 Å². The Hall–Kier alpha value is -4.66. The lowest BCUT2D eigenvalue weighted by Crippen LogP contribution is -2.31. The van der Waals surface area contributed by atoms with Crippen molar-refractivity contribution in [2.75, 3.05) is 17.7 Å². The maximum Gasteiger partial charge on any atom is 0.255 e. The van der Waals surface area contributed by atoms with Crippen molar-refractivity contribution in [3.8, 4) is 11.5 Å². The second-order valence-electron chi connectivity index (χ2n) is 8.52. The Labute approximate surface area is 208 Å². The highest BCUT2D eigenvalue weighted by molar-refractivity contribution is 6.06. The maximum absolute atomic E-state index is 13.5. The number of benzene rings is 3. The molecule has 2 heterocycles. The molecule has 182 valence electrons. The molecule has 0 radical (unpaired) electrons. The van der Waals surface area contributed by atoms with E-state index in [1.54, 1.807) is 11.8 Å². The Morgan fingerprint density at radius 1 is 1.03 bits per heavy atom. The number of nitrogens with zero attached hydrogens (tertiary/aromatic N) is 4. The summed E-state index contributed by atoms with van der Waals surface area (Å²) >= 11 is 0. The van der Waals surface area contributed by atoms with Crippen molar-refractivity contribution < 1.29 is 14.3 Å². The number of hydrogen-bond donors (Lipinski definition) is 2. The van der Waals surface area contributed by atoms with Gasteiger partial charge in [0.1, 0.15) is 12.6 Å². The fourth-order valence-electron chi connectivity index (χ4n) is 4.16. The lowest BCUT2D eigenvalue weighted by Gasteiger charge is -2.28. The van der Waals surface area contributed by atoms with Gasteiger partial charge in [-0.05, 0) is 59.7 Å². The number of tetrazole rings is 1. The third-order valence-corrected chi connectivity index (χ3v) is 6.01. The van der Waals surface area contributed by atoms with Gasteiger partial charge in [0.25, 0.3) is 5.91 Å². The van der Waals surface area contributed by atoms with Crippen molar-refractivity contribution in [1.82, 2.24) is 20.2 Å². The van der Waals surface area contributed by atoms with E-state index < -0.39 is 6.04 Å². The monoisotopic (exact) mass is 482 g/mol. The molecule has 0 fully saturated rings. The van der Waals surface area contributed by atoms with Crippen molar-refractivity contribution >= 4 is 17.5 Å². The molecule has 0 aliphatic carbocycles. The first-order chi connectivity index (χ1) is 17.5. The fourth-order valence-corrected chi connectivity index (χ4v) is 4.16. The molecule has 2 N–H and O–H groups in total. The number of ether oxygens (including phenoxy) is 2. The highest BCUT2D eigenvalue weighted by Crippen LogP contribution is 2.38. The number of fused-ring (bicyclic) bond motifs is 1. The van der Waals surface area contributed by atoms with Crippen LogP contribution < -0.4 is 20.1 Å². The van der Waals surface area contributed by atoms with E-state index in [1.807, 2.05) is 86.6 Å². The molecule has 1 amide bonds. The van der Waals surface area contributed by atoms with Crippen molar-refractivity contribution in [2.24, 2.45) is 0 Å². The summed E-state index contributed by atoms with van der Waals surface area (Å²) in [6.07, 6.45) is 0.